The molecule has 6 heteroatoms. The fourth-order valence-electron chi connectivity index (χ4n) is 2.23. The third-order valence-electron chi connectivity index (χ3n) is 3.31. The highest BCUT2D eigenvalue weighted by atomic mass is 32.1. The number of fused-ring (bicyclic) bond motifs is 1. The summed E-state index contributed by atoms with van der Waals surface area (Å²) in [5, 5.41) is 4.70. The summed E-state index contributed by atoms with van der Waals surface area (Å²) < 4.78 is 0. The molecule has 0 spiro atoms. The number of hydrogen-bond donors (Lipinski definition) is 2. The molecular formula is C16H15N3O2S. The van der Waals surface area contributed by atoms with Crippen LogP contribution >= 0.6 is 11.3 Å². The van der Waals surface area contributed by atoms with Crippen molar-refractivity contribution in [2.24, 2.45) is 0 Å². The first kappa shape index (κ1) is 14.5. The first-order valence-electron chi connectivity index (χ1n) is 6.91. The molecule has 112 valence electrons. The van der Waals surface area contributed by atoms with Gasteiger partial charge in [0.2, 0.25) is 5.91 Å². The molecule has 0 radical (unpaired) electrons. The van der Waals surface area contributed by atoms with E-state index in [0.717, 1.165) is 20.8 Å². The zero-order valence-electron chi connectivity index (χ0n) is 12.1. The number of aromatic nitrogens is 2. The Balaban J connectivity index is 1.71. The van der Waals surface area contributed by atoms with Crippen molar-refractivity contribution in [2.75, 3.05) is 0 Å². The van der Waals surface area contributed by atoms with Gasteiger partial charge in [-0.3, -0.25) is 9.59 Å². The molecule has 0 aliphatic rings. The summed E-state index contributed by atoms with van der Waals surface area (Å²) in [4.78, 5) is 31.9. The summed E-state index contributed by atoms with van der Waals surface area (Å²) in [7, 11) is 0. The molecule has 0 bridgehead atoms. The van der Waals surface area contributed by atoms with Gasteiger partial charge in [-0.05, 0) is 24.4 Å². The lowest BCUT2D eigenvalue weighted by Crippen LogP contribution is -2.27. The van der Waals surface area contributed by atoms with E-state index < -0.39 is 0 Å². The predicted molar refractivity (Wildman–Crippen MR) is 87.0 cm³/mol. The molecule has 0 atom stereocenters. The molecule has 0 unspecified atom stereocenters. The Kier molecular flexibility index (Phi) is 4.02. The van der Waals surface area contributed by atoms with E-state index in [1.54, 1.807) is 23.6 Å². The lowest BCUT2D eigenvalue weighted by atomic mass is 10.1. The van der Waals surface area contributed by atoms with Gasteiger partial charge in [0.05, 0.1) is 18.0 Å². The molecule has 0 fully saturated rings. The first-order valence-corrected chi connectivity index (χ1v) is 7.72. The van der Waals surface area contributed by atoms with Crippen LogP contribution in [0.1, 0.15) is 15.4 Å². The number of H-pyrrole nitrogens is 1. The minimum Gasteiger partial charge on any atom is -0.351 e. The second-order valence-corrected chi connectivity index (χ2v) is 6.33. The Morgan fingerprint density at radius 3 is 2.95 bits per heavy atom. The number of aromatic amines is 1. The maximum Gasteiger partial charge on any atom is 0.252 e. The minimum atomic E-state index is -0.220. The molecule has 3 rings (SSSR count). The van der Waals surface area contributed by atoms with Gasteiger partial charge in [0.1, 0.15) is 0 Å². The highest BCUT2D eigenvalue weighted by molar-refractivity contribution is 7.11. The molecule has 2 aromatic heterocycles. The van der Waals surface area contributed by atoms with E-state index >= 15 is 0 Å². The largest absolute Gasteiger partial charge is 0.351 e. The van der Waals surface area contributed by atoms with E-state index in [2.05, 4.69) is 15.3 Å². The van der Waals surface area contributed by atoms with Gasteiger partial charge in [0, 0.05) is 22.2 Å². The normalized spacial score (nSPS) is 10.8. The number of nitrogens with one attached hydrogen (secondary N) is 2. The highest BCUT2D eigenvalue weighted by Crippen LogP contribution is 2.12. The van der Waals surface area contributed by atoms with Crippen LogP contribution in [0.2, 0.25) is 0 Å². The van der Waals surface area contributed by atoms with Crippen molar-refractivity contribution < 1.29 is 4.79 Å². The highest BCUT2D eigenvalue weighted by Gasteiger charge is 2.09. The number of nitrogens with zero attached hydrogens (tertiary/aromatic N) is 1. The van der Waals surface area contributed by atoms with Gasteiger partial charge in [0.25, 0.3) is 5.56 Å². The molecular weight excluding hydrogens is 298 g/mol. The summed E-state index contributed by atoms with van der Waals surface area (Å²) >= 11 is 1.55. The van der Waals surface area contributed by atoms with Crippen molar-refractivity contribution in [3.05, 3.63) is 62.3 Å². The van der Waals surface area contributed by atoms with E-state index in [4.69, 9.17) is 0 Å². The smallest absolute Gasteiger partial charge is 0.252 e. The lowest BCUT2D eigenvalue weighted by molar-refractivity contribution is -0.120. The number of carbonyl (C=O) groups is 1. The van der Waals surface area contributed by atoms with Crippen molar-refractivity contribution in [1.82, 2.24) is 15.3 Å². The fourth-order valence-corrected chi connectivity index (χ4v) is 2.97. The van der Waals surface area contributed by atoms with Crippen molar-refractivity contribution in [2.45, 2.75) is 19.9 Å². The quantitative estimate of drug-likeness (QED) is 0.775. The van der Waals surface area contributed by atoms with Crippen LogP contribution in [0, 0.1) is 6.92 Å². The number of rotatable bonds is 4. The Hall–Kier alpha value is -2.47. The molecule has 1 amide bonds. The molecule has 22 heavy (non-hydrogen) atoms. The average Bonchev–Trinajstić information content (AvgIpc) is 2.91. The van der Waals surface area contributed by atoms with Gasteiger partial charge in [-0.2, -0.15) is 0 Å². The number of carbonyl (C=O) groups excluding carboxylic acids is 1. The van der Waals surface area contributed by atoms with Gasteiger partial charge < -0.3 is 10.3 Å². The standard InChI is InChI=1S/C16H15N3O2S/c1-10-17-8-13(22-10)9-18-15(20)7-12-6-11-4-2-3-5-14(11)19-16(12)21/h2-6,8H,7,9H2,1H3,(H,18,20)(H,19,21). The summed E-state index contributed by atoms with van der Waals surface area (Å²) in [6.45, 7) is 2.36. The van der Waals surface area contributed by atoms with Crippen molar-refractivity contribution >= 4 is 28.1 Å². The molecule has 0 aliphatic heterocycles. The zero-order valence-corrected chi connectivity index (χ0v) is 12.9. The Labute approximate surface area is 131 Å². The molecule has 2 heterocycles. The van der Waals surface area contributed by atoms with E-state index in [0.29, 0.717) is 12.1 Å². The van der Waals surface area contributed by atoms with Crippen LogP contribution in [0.5, 0.6) is 0 Å². The van der Waals surface area contributed by atoms with Crippen LogP contribution in [-0.2, 0) is 17.8 Å². The van der Waals surface area contributed by atoms with Gasteiger partial charge in [0.15, 0.2) is 0 Å². The fraction of sp³-hybridized carbons (Fsp3) is 0.188. The SMILES string of the molecule is Cc1ncc(CNC(=O)Cc2cc3ccccc3[nH]c2=O)s1. The maximum absolute atomic E-state index is 12.0. The summed E-state index contributed by atoms with van der Waals surface area (Å²) in [5.41, 5.74) is 1.02. The van der Waals surface area contributed by atoms with Crippen LogP contribution < -0.4 is 10.9 Å². The molecule has 0 saturated heterocycles. The molecule has 0 aliphatic carbocycles. The second-order valence-electron chi connectivity index (χ2n) is 5.01. The number of para-hydroxylation sites is 1. The van der Waals surface area contributed by atoms with Gasteiger partial charge in [-0.15, -0.1) is 11.3 Å². The second kappa shape index (κ2) is 6.11. The summed E-state index contributed by atoms with van der Waals surface area (Å²) in [6.07, 6.45) is 1.82. The van der Waals surface area contributed by atoms with Crippen LogP contribution in [0.25, 0.3) is 10.9 Å². The van der Waals surface area contributed by atoms with Gasteiger partial charge >= 0.3 is 0 Å². The van der Waals surface area contributed by atoms with Crippen molar-refractivity contribution in [3.63, 3.8) is 0 Å². The third kappa shape index (κ3) is 3.23. The molecule has 3 aromatic rings. The Bertz CT molecular complexity index is 882. The number of hydrogen-bond acceptors (Lipinski definition) is 4. The van der Waals surface area contributed by atoms with Gasteiger partial charge in [-0.1, -0.05) is 18.2 Å². The number of thiazole rings is 1. The summed E-state index contributed by atoms with van der Waals surface area (Å²) in [6, 6.07) is 9.28. The number of aryl methyl sites for hydroxylation is 1. The number of amides is 1. The van der Waals surface area contributed by atoms with Crippen LogP contribution in [-0.4, -0.2) is 15.9 Å². The predicted octanol–water partition coefficient (Wildman–Crippen LogP) is 2.15. The Morgan fingerprint density at radius 1 is 1.36 bits per heavy atom. The van der Waals surface area contributed by atoms with Crippen molar-refractivity contribution in [1.29, 1.82) is 0 Å². The van der Waals surface area contributed by atoms with Crippen LogP contribution in [0.3, 0.4) is 0 Å². The molecule has 0 saturated carbocycles. The molecule has 5 nitrogen and oxygen atoms in total. The minimum absolute atomic E-state index is 0.0674. The number of pyridine rings is 1. The van der Waals surface area contributed by atoms with E-state index in [-0.39, 0.29) is 17.9 Å². The monoisotopic (exact) mass is 313 g/mol. The average molecular weight is 313 g/mol. The van der Waals surface area contributed by atoms with Gasteiger partial charge in [-0.25, -0.2) is 4.98 Å². The van der Waals surface area contributed by atoms with E-state index in [1.807, 2.05) is 31.2 Å². The Morgan fingerprint density at radius 2 is 2.18 bits per heavy atom. The zero-order chi connectivity index (χ0) is 15.5. The molecule has 1 aromatic carbocycles. The van der Waals surface area contributed by atoms with E-state index in [1.165, 1.54) is 0 Å². The summed E-state index contributed by atoms with van der Waals surface area (Å²) in [5.74, 6) is -0.174. The lowest BCUT2D eigenvalue weighted by Gasteiger charge is -2.04. The first-order chi connectivity index (χ1) is 10.6. The third-order valence-corrected chi connectivity index (χ3v) is 4.22. The number of benzene rings is 1. The van der Waals surface area contributed by atoms with Crippen molar-refractivity contribution in [3.8, 4) is 0 Å². The van der Waals surface area contributed by atoms with Crippen LogP contribution in [0.4, 0.5) is 0 Å². The van der Waals surface area contributed by atoms with Crippen LogP contribution in [0.15, 0.2) is 41.3 Å². The maximum atomic E-state index is 12.0. The molecule has 2 N–H and O–H groups in total. The van der Waals surface area contributed by atoms with E-state index in [9.17, 15) is 9.59 Å². The topological polar surface area (TPSA) is 74.8 Å².